The summed E-state index contributed by atoms with van der Waals surface area (Å²) < 4.78 is 5.28. The van der Waals surface area contributed by atoms with E-state index in [2.05, 4.69) is 5.73 Å². The molecule has 0 saturated carbocycles. The molecule has 1 saturated heterocycles. The molecule has 0 spiro atoms. The number of carbonyl (C=O) groups is 1. The van der Waals surface area contributed by atoms with Crippen molar-refractivity contribution < 1.29 is 15.3 Å². The van der Waals surface area contributed by atoms with Gasteiger partial charge in [-0.25, -0.2) is 4.79 Å². The SMILES string of the molecule is CC(C)(C)OC(=O)N1CC[C@H](C[NH3+])C1. The summed E-state index contributed by atoms with van der Waals surface area (Å²) >= 11 is 0. The van der Waals surface area contributed by atoms with Crippen molar-refractivity contribution in [1.29, 1.82) is 0 Å². The number of amides is 1. The van der Waals surface area contributed by atoms with Gasteiger partial charge < -0.3 is 15.4 Å². The molecule has 4 nitrogen and oxygen atoms in total. The summed E-state index contributed by atoms with van der Waals surface area (Å²) in [6.07, 6.45) is 0.872. The van der Waals surface area contributed by atoms with E-state index in [-0.39, 0.29) is 11.7 Å². The van der Waals surface area contributed by atoms with Crippen LogP contribution in [0.4, 0.5) is 4.79 Å². The lowest BCUT2D eigenvalue weighted by molar-refractivity contribution is -0.377. The van der Waals surface area contributed by atoms with Crippen LogP contribution in [0, 0.1) is 5.92 Å². The lowest BCUT2D eigenvalue weighted by atomic mass is 10.1. The van der Waals surface area contributed by atoms with Gasteiger partial charge in [0.05, 0.1) is 6.54 Å². The first-order valence-corrected chi connectivity index (χ1v) is 5.19. The second-order valence-electron chi connectivity index (χ2n) is 4.87. The summed E-state index contributed by atoms with van der Waals surface area (Å²) in [5, 5.41) is 0. The molecule has 0 aromatic carbocycles. The molecule has 3 N–H and O–H groups in total. The molecule has 1 rings (SSSR count). The van der Waals surface area contributed by atoms with Crippen molar-refractivity contribution in [2.45, 2.75) is 32.8 Å². The van der Waals surface area contributed by atoms with Gasteiger partial charge in [-0.15, -0.1) is 0 Å². The number of carbonyl (C=O) groups excluding carboxylic acids is 1. The third kappa shape index (κ3) is 3.18. The Morgan fingerprint density at radius 1 is 1.57 bits per heavy atom. The maximum absolute atomic E-state index is 11.6. The molecule has 1 aliphatic heterocycles. The average Bonchev–Trinajstić information content (AvgIpc) is 2.48. The van der Waals surface area contributed by atoms with Crippen molar-refractivity contribution in [2.75, 3.05) is 19.6 Å². The van der Waals surface area contributed by atoms with Crippen LogP contribution in [0.15, 0.2) is 0 Å². The molecule has 1 atom stereocenters. The highest BCUT2D eigenvalue weighted by molar-refractivity contribution is 5.68. The monoisotopic (exact) mass is 201 g/mol. The fourth-order valence-corrected chi connectivity index (χ4v) is 1.56. The first-order chi connectivity index (χ1) is 6.42. The Bertz CT molecular complexity index is 211. The van der Waals surface area contributed by atoms with Gasteiger partial charge >= 0.3 is 6.09 Å². The van der Waals surface area contributed by atoms with Gasteiger partial charge in [0.1, 0.15) is 5.60 Å². The Kier molecular flexibility index (Phi) is 3.37. The molecule has 0 aromatic rings. The van der Waals surface area contributed by atoms with Crippen LogP contribution < -0.4 is 5.73 Å². The topological polar surface area (TPSA) is 57.2 Å². The van der Waals surface area contributed by atoms with E-state index in [0.29, 0.717) is 5.92 Å². The largest absolute Gasteiger partial charge is 0.444 e. The van der Waals surface area contributed by atoms with Crippen LogP contribution in [0.5, 0.6) is 0 Å². The number of likely N-dealkylation sites (tertiary alicyclic amines) is 1. The zero-order valence-corrected chi connectivity index (χ0v) is 9.38. The fourth-order valence-electron chi connectivity index (χ4n) is 1.56. The van der Waals surface area contributed by atoms with Crippen molar-refractivity contribution >= 4 is 6.09 Å². The molecule has 82 valence electrons. The number of hydrogen-bond acceptors (Lipinski definition) is 2. The molecule has 4 heteroatoms. The average molecular weight is 201 g/mol. The normalized spacial score (nSPS) is 22.6. The molecule has 0 aromatic heterocycles. The Hall–Kier alpha value is -0.770. The fraction of sp³-hybridized carbons (Fsp3) is 0.900. The zero-order chi connectivity index (χ0) is 10.8. The van der Waals surface area contributed by atoms with Crippen LogP contribution in [0.3, 0.4) is 0 Å². The van der Waals surface area contributed by atoms with Crippen molar-refractivity contribution in [3.63, 3.8) is 0 Å². The van der Waals surface area contributed by atoms with Gasteiger partial charge in [0.2, 0.25) is 0 Å². The molecular weight excluding hydrogens is 180 g/mol. The van der Waals surface area contributed by atoms with Crippen LogP contribution >= 0.6 is 0 Å². The highest BCUT2D eigenvalue weighted by Gasteiger charge is 2.29. The quantitative estimate of drug-likeness (QED) is 0.671. The molecular formula is C10H21N2O2+. The summed E-state index contributed by atoms with van der Waals surface area (Å²) in [6.45, 7) is 8.19. The minimum absolute atomic E-state index is 0.187. The lowest BCUT2D eigenvalue weighted by Gasteiger charge is -2.24. The van der Waals surface area contributed by atoms with Crippen LogP contribution in [-0.2, 0) is 4.74 Å². The second-order valence-corrected chi connectivity index (χ2v) is 4.87. The van der Waals surface area contributed by atoms with Crippen LogP contribution in [-0.4, -0.2) is 36.2 Å². The molecule has 0 unspecified atom stereocenters. The second kappa shape index (κ2) is 4.17. The zero-order valence-electron chi connectivity index (χ0n) is 9.38. The number of nitrogens with zero attached hydrogens (tertiary/aromatic N) is 1. The summed E-state index contributed by atoms with van der Waals surface area (Å²) in [5.41, 5.74) is 3.47. The van der Waals surface area contributed by atoms with E-state index in [1.165, 1.54) is 0 Å². The van der Waals surface area contributed by atoms with Gasteiger partial charge in [-0.05, 0) is 27.2 Å². The van der Waals surface area contributed by atoms with Gasteiger partial charge in [-0.1, -0.05) is 0 Å². The number of rotatable bonds is 1. The van der Waals surface area contributed by atoms with Crippen molar-refractivity contribution in [2.24, 2.45) is 5.92 Å². The molecule has 1 heterocycles. The molecule has 0 bridgehead atoms. The molecule has 14 heavy (non-hydrogen) atoms. The van der Waals surface area contributed by atoms with E-state index in [1.54, 1.807) is 4.90 Å². The third-order valence-electron chi connectivity index (χ3n) is 2.35. The predicted molar refractivity (Wildman–Crippen MR) is 53.7 cm³/mol. The Morgan fingerprint density at radius 3 is 2.64 bits per heavy atom. The van der Waals surface area contributed by atoms with Gasteiger partial charge in [0, 0.05) is 19.0 Å². The Balaban J connectivity index is 2.40. The first-order valence-electron chi connectivity index (χ1n) is 5.19. The van der Waals surface area contributed by atoms with Crippen molar-refractivity contribution in [3.05, 3.63) is 0 Å². The van der Waals surface area contributed by atoms with E-state index < -0.39 is 0 Å². The maximum atomic E-state index is 11.6. The summed E-state index contributed by atoms with van der Waals surface area (Å²) in [4.78, 5) is 13.4. The maximum Gasteiger partial charge on any atom is 0.410 e. The highest BCUT2D eigenvalue weighted by atomic mass is 16.6. The summed E-state index contributed by atoms with van der Waals surface area (Å²) in [5.74, 6) is 0.558. The summed E-state index contributed by atoms with van der Waals surface area (Å²) in [7, 11) is 0. The smallest absolute Gasteiger partial charge is 0.410 e. The highest BCUT2D eigenvalue weighted by Crippen LogP contribution is 2.17. The van der Waals surface area contributed by atoms with Crippen molar-refractivity contribution in [3.8, 4) is 0 Å². The lowest BCUT2D eigenvalue weighted by Crippen LogP contribution is -2.54. The van der Waals surface area contributed by atoms with Crippen molar-refractivity contribution in [1.82, 2.24) is 4.90 Å². The first kappa shape index (κ1) is 11.3. The van der Waals surface area contributed by atoms with Gasteiger partial charge in [0.25, 0.3) is 0 Å². The number of ether oxygens (including phenoxy) is 1. The molecule has 1 fully saturated rings. The van der Waals surface area contributed by atoms with E-state index in [9.17, 15) is 4.79 Å². The van der Waals surface area contributed by atoms with E-state index in [1.807, 2.05) is 20.8 Å². The molecule has 0 radical (unpaired) electrons. The van der Waals surface area contributed by atoms with E-state index in [0.717, 1.165) is 26.1 Å². The molecule has 1 aliphatic rings. The number of quaternary nitrogens is 1. The third-order valence-corrected chi connectivity index (χ3v) is 2.35. The Labute approximate surface area is 85.4 Å². The van der Waals surface area contributed by atoms with Crippen LogP contribution in [0.2, 0.25) is 0 Å². The standard InChI is InChI=1S/C10H20N2O2/c1-10(2,3)14-9(13)12-5-4-8(6-11)7-12/h8H,4-7,11H2,1-3H3/p+1/t8-/m1/s1. The Morgan fingerprint density at radius 2 is 2.21 bits per heavy atom. The van der Waals surface area contributed by atoms with E-state index in [4.69, 9.17) is 4.74 Å². The number of hydrogen-bond donors (Lipinski definition) is 1. The summed E-state index contributed by atoms with van der Waals surface area (Å²) in [6, 6.07) is 0. The molecule has 0 aliphatic carbocycles. The van der Waals surface area contributed by atoms with Gasteiger partial charge in [0.15, 0.2) is 0 Å². The molecule has 1 amide bonds. The van der Waals surface area contributed by atoms with Crippen LogP contribution in [0.25, 0.3) is 0 Å². The predicted octanol–water partition coefficient (Wildman–Crippen LogP) is 0.485. The minimum atomic E-state index is -0.389. The van der Waals surface area contributed by atoms with E-state index >= 15 is 0 Å². The van der Waals surface area contributed by atoms with Gasteiger partial charge in [-0.2, -0.15) is 0 Å². The van der Waals surface area contributed by atoms with Crippen LogP contribution in [0.1, 0.15) is 27.2 Å². The minimum Gasteiger partial charge on any atom is -0.444 e. The van der Waals surface area contributed by atoms with Gasteiger partial charge in [-0.3, -0.25) is 0 Å².